The molecule has 0 aliphatic rings. The second kappa shape index (κ2) is 5.08. The molecule has 1 rings (SSSR count). The van der Waals surface area contributed by atoms with Crippen molar-refractivity contribution in [1.82, 2.24) is 0 Å². The van der Waals surface area contributed by atoms with Gasteiger partial charge >= 0.3 is 0 Å². The number of thiocarbonyl (C=S) groups is 1. The van der Waals surface area contributed by atoms with Crippen molar-refractivity contribution >= 4 is 23.3 Å². The summed E-state index contributed by atoms with van der Waals surface area (Å²) in [5, 5.41) is 2.04. The molecule has 1 aromatic carbocycles. The Morgan fingerprint density at radius 1 is 1.43 bits per heavy atom. The van der Waals surface area contributed by atoms with E-state index in [0.29, 0.717) is 0 Å². The highest BCUT2D eigenvalue weighted by Crippen LogP contribution is 2.04. The van der Waals surface area contributed by atoms with Gasteiger partial charge in [0.15, 0.2) is 0 Å². The molecule has 0 N–H and O–H groups in total. The molecule has 0 heterocycles. The third kappa shape index (κ3) is 2.95. The van der Waals surface area contributed by atoms with Gasteiger partial charge < -0.3 is 0 Å². The Hall–Kier alpha value is -1.75. The molecular formula is C11H7NOS. The summed E-state index contributed by atoms with van der Waals surface area (Å²) in [6.45, 7) is 0. The predicted molar refractivity (Wildman–Crippen MR) is 58.1 cm³/mol. The number of carbonyl (C=O) groups excluding carboxylic acids is 1. The number of hydrogen-bond acceptors (Lipinski definition) is 2. The van der Waals surface area contributed by atoms with Crippen LogP contribution in [-0.4, -0.2) is 11.1 Å². The van der Waals surface area contributed by atoms with Gasteiger partial charge in [-0.25, -0.2) is 0 Å². The van der Waals surface area contributed by atoms with E-state index in [2.05, 4.69) is 23.1 Å². The summed E-state index contributed by atoms with van der Waals surface area (Å²) in [6.07, 6.45) is 5.42. The Bertz CT molecular complexity index is 422. The van der Waals surface area contributed by atoms with Crippen LogP contribution >= 0.6 is 12.2 Å². The van der Waals surface area contributed by atoms with Crippen LogP contribution in [0.4, 0.5) is 0 Å². The van der Waals surface area contributed by atoms with Crippen LogP contribution in [0.5, 0.6) is 0 Å². The van der Waals surface area contributed by atoms with Crippen LogP contribution in [0.25, 0.3) is 0 Å². The zero-order valence-electron chi connectivity index (χ0n) is 7.36. The van der Waals surface area contributed by atoms with E-state index >= 15 is 0 Å². The number of carbonyl (C=O) groups is 1. The molecule has 0 aromatic heterocycles. The fourth-order valence-electron chi connectivity index (χ4n) is 0.984. The van der Waals surface area contributed by atoms with E-state index in [1.165, 1.54) is 0 Å². The number of isothiocyanates is 1. The Labute approximate surface area is 87.7 Å². The number of hydrogen-bond donors (Lipinski definition) is 0. The molecule has 0 spiro atoms. The van der Waals surface area contributed by atoms with E-state index in [1.807, 2.05) is 5.16 Å². The molecule has 2 nitrogen and oxygen atoms in total. The molecule has 14 heavy (non-hydrogen) atoms. The number of aliphatic imine (C=N–C) groups is 1. The van der Waals surface area contributed by atoms with Crippen LogP contribution in [0.2, 0.25) is 0 Å². The number of terminal acetylenes is 1. The maximum atomic E-state index is 11.0. The molecule has 1 amide bonds. The van der Waals surface area contributed by atoms with Crippen LogP contribution in [0, 0.1) is 12.3 Å². The zero-order chi connectivity index (χ0) is 10.4. The molecule has 0 fully saturated rings. The van der Waals surface area contributed by atoms with Gasteiger partial charge in [-0.15, -0.1) is 6.42 Å². The predicted octanol–water partition coefficient (Wildman–Crippen LogP) is 1.84. The highest BCUT2D eigenvalue weighted by Gasteiger charge is 2.00. The maximum Gasteiger partial charge on any atom is 0.258 e. The fraction of sp³-hybridized carbons (Fsp3) is 0.0909. The smallest absolute Gasteiger partial charge is 0.258 e. The van der Waals surface area contributed by atoms with Gasteiger partial charge in [0.05, 0.1) is 11.6 Å². The zero-order valence-corrected chi connectivity index (χ0v) is 8.17. The summed E-state index contributed by atoms with van der Waals surface area (Å²) in [7, 11) is 0. The normalized spacial score (nSPS) is 8.50. The average Bonchev–Trinajstić information content (AvgIpc) is 2.19. The first-order chi connectivity index (χ1) is 6.76. The summed E-state index contributed by atoms with van der Waals surface area (Å²) >= 11 is 4.32. The van der Waals surface area contributed by atoms with Crippen LogP contribution in [0.1, 0.15) is 11.1 Å². The summed E-state index contributed by atoms with van der Waals surface area (Å²) < 4.78 is 0. The van der Waals surface area contributed by atoms with Crippen molar-refractivity contribution in [2.24, 2.45) is 4.99 Å². The van der Waals surface area contributed by atoms with Gasteiger partial charge in [0, 0.05) is 5.56 Å². The van der Waals surface area contributed by atoms with E-state index < -0.39 is 0 Å². The first kappa shape index (κ1) is 10.3. The van der Waals surface area contributed by atoms with Crippen LogP contribution in [0.3, 0.4) is 0 Å². The van der Waals surface area contributed by atoms with Crippen molar-refractivity contribution in [3.05, 3.63) is 35.4 Å². The second-order valence-electron chi connectivity index (χ2n) is 2.61. The van der Waals surface area contributed by atoms with Gasteiger partial charge in [0.25, 0.3) is 5.91 Å². The third-order valence-electron chi connectivity index (χ3n) is 1.65. The van der Waals surface area contributed by atoms with Gasteiger partial charge in [-0.05, 0) is 29.9 Å². The standard InChI is InChI=1S/C11H7NOS/c1-2-9-3-5-10(6-4-9)7-11(13)12-8-14/h1,3-6H,7H2. The first-order valence-electron chi connectivity index (χ1n) is 3.92. The summed E-state index contributed by atoms with van der Waals surface area (Å²) in [5.74, 6) is 2.20. The minimum Gasteiger partial charge on any atom is -0.271 e. The van der Waals surface area contributed by atoms with Crippen molar-refractivity contribution in [2.75, 3.05) is 0 Å². The quantitative estimate of drug-likeness (QED) is 0.415. The van der Waals surface area contributed by atoms with Crippen molar-refractivity contribution in [3.8, 4) is 12.3 Å². The molecule has 0 aliphatic heterocycles. The lowest BCUT2D eigenvalue weighted by molar-refractivity contribution is -0.117. The maximum absolute atomic E-state index is 11.0. The molecule has 68 valence electrons. The summed E-state index contributed by atoms with van der Waals surface area (Å²) in [5.41, 5.74) is 1.66. The Morgan fingerprint density at radius 3 is 2.57 bits per heavy atom. The average molecular weight is 201 g/mol. The minimum absolute atomic E-state index is 0.231. The highest BCUT2D eigenvalue weighted by atomic mass is 32.1. The van der Waals surface area contributed by atoms with Crippen LogP contribution in [-0.2, 0) is 11.2 Å². The van der Waals surface area contributed by atoms with Crippen molar-refractivity contribution in [1.29, 1.82) is 0 Å². The molecule has 0 atom stereocenters. The van der Waals surface area contributed by atoms with Crippen molar-refractivity contribution in [2.45, 2.75) is 6.42 Å². The van der Waals surface area contributed by atoms with Crippen LogP contribution in [0.15, 0.2) is 29.3 Å². The van der Waals surface area contributed by atoms with E-state index in [9.17, 15) is 4.79 Å². The molecule has 0 saturated carbocycles. The minimum atomic E-state index is -0.298. The topological polar surface area (TPSA) is 29.4 Å². The molecule has 3 heteroatoms. The number of nitrogens with zero attached hydrogens (tertiary/aromatic N) is 1. The number of benzene rings is 1. The highest BCUT2D eigenvalue weighted by molar-refractivity contribution is 7.78. The molecule has 0 saturated heterocycles. The Balaban J connectivity index is 2.74. The van der Waals surface area contributed by atoms with E-state index in [4.69, 9.17) is 6.42 Å². The lowest BCUT2D eigenvalue weighted by Crippen LogP contribution is -1.97. The lowest BCUT2D eigenvalue weighted by atomic mass is 10.1. The summed E-state index contributed by atoms with van der Waals surface area (Å²) in [6, 6.07) is 7.16. The van der Waals surface area contributed by atoms with Gasteiger partial charge in [-0.3, -0.25) is 4.79 Å². The number of rotatable bonds is 2. The Kier molecular flexibility index (Phi) is 3.75. The number of amides is 1. The summed E-state index contributed by atoms with van der Waals surface area (Å²) in [4.78, 5) is 14.4. The first-order valence-corrected chi connectivity index (χ1v) is 4.33. The fourth-order valence-corrected chi connectivity index (χ4v) is 1.09. The van der Waals surface area contributed by atoms with Crippen molar-refractivity contribution in [3.63, 3.8) is 0 Å². The monoisotopic (exact) mass is 201 g/mol. The van der Waals surface area contributed by atoms with Gasteiger partial charge in [-0.2, -0.15) is 4.99 Å². The lowest BCUT2D eigenvalue weighted by Gasteiger charge is -1.96. The van der Waals surface area contributed by atoms with Crippen LogP contribution < -0.4 is 0 Å². The molecule has 0 radical (unpaired) electrons. The van der Waals surface area contributed by atoms with E-state index in [0.717, 1.165) is 11.1 Å². The van der Waals surface area contributed by atoms with Gasteiger partial charge in [0.2, 0.25) is 0 Å². The molecule has 0 aliphatic carbocycles. The van der Waals surface area contributed by atoms with E-state index in [1.54, 1.807) is 24.3 Å². The van der Waals surface area contributed by atoms with E-state index in [-0.39, 0.29) is 12.3 Å². The SMILES string of the molecule is C#Cc1ccc(CC(=O)N=C=S)cc1. The van der Waals surface area contributed by atoms with Gasteiger partial charge in [-0.1, -0.05) is 18.1 Å². The largest absolute Gasteiger partial charge is 0.271 e. The third-order valence-corrected chi connectivity index (χ3v) is 1.74. The molecule has 1 aromatic rings. The molecular weight excluding hydrogens is 194 g/mol. The molecule has 0 bridgehead atoms. The van der Waals surface area contributed by atoms with Gasteiger partial charge in [0.1, 0.15) is 0 Å². The molecule has 0 unspecified atom stereocenters. The van der Waals surface area contributed by atoms with Crippen molar-refractivity contribution < 1.29 is 4.79 Å². The second-order valence-corrected chi connectivity index (χ2v) is 2.80. The Morgan fingerprint density at radius 2 is 2.07 bits per heavy atom.